The van der Waals surface area contributed by atoms with Crippen molar-refractivity contribution in [3.8, 4) is 0 Å². The van der Waals surface area contributed by atoms with Gasteiger partial charge in [0.05, 0.1) is 5.41 Å². The second-order valence-electron chi connectivity index (χ2n) is 12.7. The van der Waals surface area contributed by atoms with E-state index in [1.54, 1.807) is 0 Å². The second-order valence-corrected chi connectivity index (χ2v) is 12.7. The third kappa shape index (κ3) is 3.02. The number of ketones is 2. The topological polar surface area (TPSA) is 34.1 Å². The van der Waals surface area contributed by atoms with Crippen LogP contribution in [-0.2, 0) is 9.59 Å². The van der Waals surface area contributed by atoms with Crippen molar-refractivity contribution in [2.75, 3.05) is 0 Å². The lowest BCUT2D eigenvalue weighted by atomic mass is 9.45. The average molecular weight is 423 g/mol. The van der Waals surface area contributed by atoms with E-state index in [0.29, 0.717) is 35.2 Å². The molecule has 0 aromatic heterocycles. The molecule has 7 atom stereocenters. The number of hydrogen-bond acceptors (Lipinski definition) is 2. The molecule has 0 saturated heterocycles. The zero-order valence-corrected chi connectivity index (χ0v) is 20.4. The minimum absolute atomic E-state index is 0.0830. The van der Waals surface area contributed by atoms with E-state index in [-0.39, 0.29) is 22.2 Å². The van der Waals surface area contributed by atoms with Crippen molar-refractivity contribution in [3.63, 3.8) is 0 Å². The van der Waals surface area contributed by atoms with Crippen LogP contribution in [-0.4, -0.2) is 11.6 Å². The Morgan fingerprint density at radius 2 is 1.90 bits per heavy atom. The molecule has 0 unspecified atom stereocenters. The summed E-state index contributed by atoms with van der Waals surface area (Å²) in [7, 11) is 0. The third-order valence-electron chi connectivity index (χ3n) is 10.8. The van der Waals surface area contributed by atoms with E-state index in [2.05, 4.69) is 46.8 Å². The molecule has 0 radical (unpaired) electrons. The molecule has 2 heteroatoms. The maximum Gasteiger partial charge on any atom is 0.143 e. The summed E-state index contributed by atoms with van der Waals surface area (Å²) in [4.78, 5) is 26.3. The molecule has 5 aliphatic rings. The van der Waals surface area contributed by atoms with Crippen molar-refractivity contribution in [2.45, 2.75) is 98.8 Å². The fourth-order valence-corrected chi connectivity index (χ4v) is 9.12. The highest BCUT2D eigenvalue weighted by atomic mass is 16.1. The standard InChI is InChI=1S/C29H42O2/c1-18(2)7-6-8-19(3)22-17-23(30)26-20-9-10-24-27(4,21(20)11-13-28(22,26)5)14-12-25(31)29(24)15-16-29/h7,10,19-22,26H,6,8-9,11-17H2,1-5H3/t19-,20-,21+,22-,26-,27-,28-/m1/s1. The third-order valence-corrected chi connectivity index (χ3v) is 10.8. The van der Waals surface area contributed by atoms with Gasteiger partial charge in [0, 0.05) is 18.8 Å². The predicted molar refractivity (Wildman–Crippen MR) is 125 cm³/mol. The number of fused-ring (bicyclic) bond motifs is 6. The van der Waals surface area contributed by atoms with Gasteiger partial charge in [0.25, 0.3) is 0 Å². The van der Waals surface area contributed by atoms with Crippen LogP contribution in [0.2, 0.25) is 0 Å². The van der Waals surface area contributed by atoms with Crippen molar-refractivity contribution in [2.24, 2.45) is 45.8 Å². The quantitative estimate of drug-likeness (QED) is 0.453. The van der Waals surface area contributed by atoms with Crippen molar-refractivity contribution >= 4 is 11.6 Å². The summed E-state index contributed by atoms with van der Waals surface area (Å²) < 4.78 is 0. The lowest BCUT2D eigenvalue weighted by Crippen LogP contribution is -2.53. The first kappa shape index (κ1) is 21.7. The lowest BCUT2D eigenvalue weighted by Gasteiger charge is -2.58. The summed E-state index contributed by atoms with van der Waals surface area (Å²) in [5, 5.41) is 0. The van der Waals surface area contributed by atoms with Gasteiger partial charge in [-0.25, -0.2) is 0 Å². The molecule has 2 nitrogen and oxygen atoms in total. The van der Waals surface area contributed by atoms with Crippen LogP contribution in [0.25, 0.3) is 0 Å². The zero-order chi connectivity index (χ0) is 22.2. The first-order valence-electron chi connectivity index (χ1n) is 13.0. The molecular weight excluding hydrogens is 380 g/mol. The monoisotopic (exact) mass is 422 g/mol. The Morgan fingerprint density at radius 3 is 2.58 bits per heavy atom. The van der Waals surface area contributed by atoms with Gasteiger partial charge in [-0.1, -0.05) is 44.1 Å². The summed E-state index contributed by atoms with van der Waals surface area (Å²) in [5.41, 5.74) is 3.14. The van der Waals surface area contributed by atoms with E-state index in [1.165, 1.54) is 30.4 Å². The molecule has 5 rings (SSSR count). The molecule has 170 valence electrons. The fourth-order valence-electron chi connectivity index (χ4n) is 9.12. The van der Waals surface area contributed by atoms with Crippen LogP contribution in [0.4, 0.5) is 0 Å². The van der Waals surface area contributed by atoms with Crippen LogP contribution in [0.1, 0.15) is 98.8 Å². The summed E-state index contributed by atoms with van der Waals surface area (Å²) in [6.45, 7) is 11.7. The summed E-state index contributed by atoms with van der Waals surface area (Å²) in [5.74, 6) is 3.56. The van der Waals surface area contributed by atoms with E-state index in [4.69, 9.17) is 0 Å². The highest BCUT2D eigenvalue weighted by Gasteiger charge is 2.66. The van der Waals surface area contributed by atoms with Gasteiger partial charge >= 0.3 is 0 Å². The van der Waals surface area contributed by atoms with E-state index in [9.17, 15) is 9.59 Å². The van der Waals surface area contributed by atoms with Gasteiger partial charge in [-0.05, 0) is 99.7 Å². The molecule has 5 aliphatic carbocycles. The molecule has 0 heterocycles. The van der Waals surface area contributed by atoms with Crippen molar-refractivity contribution in [3.05, 3.63) is 23.3 Å². The lowest BCUT2D eigenvalue weighted by molar-refractivity contribution is -0.134. The van der Waals surface area contributed by atoms with Gasteiger partial charge in [0.1, 0.15) is 11.6 Å². The molecule has 0 bridgehead atoms. The first-order chi connectivity index (χ1) is 14.6. The summed E-state index contributed by atoms with van der Waals surface area (Å²) in [6.07, 6.45) is 15.4. The Kier molecular flexibility index (Phi) is 5.00. The number of allylic oxidation sites excluding steroid dienone is 4. The van der Waals surface area contributed by atoms with Gasteiger partial charge < -0.3 is 0 Å². The van der Waals surface area contributed by atoms with Gasteiger partial charge in [0.15, 0.2) is 0 Å². The average Bonchev–Trinajstić information content (AvgIpc) is 3.44. The second kappa shape index (κ2) is 7.16. The molecule has 0 aromatic rings. The fraction of sp³-hybridized carbons (Fsp3) is 0.793. The van der Waals surface area contributed by atoms with Gasteiger partial charge in [-0.2, -0.15) is 0 Å². The van der Waals surface area contributed by atoms with E-state index >= 15 is 0 Å². The maximum absolute atomic E-state index is 13.5. The van der Waals surface area contributed by atoms with E-state index in [0.717, 1.165) is 44.9 Å². The zero-order valence-electron chi connectivity index (χ0n) is 20.4. The highest BCUT2D eigenvalue weighted by Crippen LogP contribution is 2.71. The predicted octanol–water partition coefficient (Wildman–Crippen LogP) is 7.09. The van der Waals surface area contributed by atoms with Gasteiger partial charge in [-0.15, -0.1) is 0 Å². The molecule has 4 fully saturated rings. The Hall–Kier alpha value is -1.18. The van der Waals surface area contributed by atoms with E-state index < -0.39 is 0 Å². The van der Waals surface area contributed by atoms with Crippen LogP contribution in [0.15, 0.2) is 23.3 Å². The van der Waals surface area contributed by atoms with Crippen molar-refractivity contribution in [1.82, 2.24) is 0 Å². The van der Waals surface area contributed by atoms with Crippen LogP contribution >= 0.6 is 0 Å². The Labute approximate surface area is 189 Å². The molecule has 4 saturated carbocycles. The SMILES string of the molecule is CC(C)=CCC[C@@H](C)[C@H]1CC(=O)[C@H]2[C@@H]3CC=C4C5(CC5)C(=O)CC[C@]4(C)[C@H]3CC[C@]12C. The molecular formula is C29H42O2. The van der Waals surface area contributed by atoms with Crippen LogP contribution in [0.5, 0.6) is 0 Å². The number of carbonyl (C=O) groups is 2. The highest BCUT2D eigenvalue weighted by molar-refractivity contribution is 5.92. The van der Waals surface area contributed by atoms with Crippen LogP contribution in [0.3, 0.4) is 0 Å². The van der Waals surface area contributed by atoms with Crippen LogP contribution in [0, 0.1) is 45.8 Å². The minimum Gasteiger partial charge on any atom is -0.299 e. The minimum atomic E-state index is -0.0830. The molecule has 0 N–H and O–H groups in total. The number of carbonyl (C=O) groups excluding carboxylic acids is 2. The van der Waals surface area contributed by atoms with Crippen molar-refractivity contribution < 1.29 is 9.59 Å². The number of Topliss-reactive ketones (excluding diaryl/α,β-unsaturated/α-hetero) is 2. The number of rotatable bonds is 4. The Bertz CT molecular complexity index is 854. The normalized spacial score (nSPS) is 43.6. The molecule has 31 heavy (non-hydrogen) atoms. The largest absolute Gasteiger partial charge is 0.299 e. The Morgan fingerprint density at radius 1 is 1.16 bits per heavy atom. The molecule has 0 amide bonds. The van der Waals surface area contributed by atoms with Crippen LogP contribution < -0.4 is 0 Å². The van der Waals surface area contributed by atoms with Gasteiger partial charge in [-0.3, -0.25) is 9.59 Å². The van der Waals surface area contributed by atoms with Gasteiger partial charge in [0.2, 0.25) is 0 Å². The molecule has 0 aromatic carbocycles. The Balaban J connectivity index is 1.42. The first-order valence-corrected chi connectivity index (χ1v) is 13.0. The van der Waals surface area contributed by atoms with Crippen molar-refractivity contribution in [1.29, 1.82) is 0 Å². The number of hydrogen-bond donors (Lipinski definition) is 0. The molecule has 0 aliphatic heterocycles. The smallest absolute Gasteiger partial charge is 0.143 e. The van der Waals surface area contributed by atoms with E-state index in [1.807, 2.05) is 0 Å². The summed E-state index contributed by atoms with van der Waals surface area (Å²) >= 11 is 0. The molecule has 1 spiro atoms. The maximum atomic E-state index is 13.5. The summed E-state index contributed by atoms with van der Waals surface area (Å²) in [6, 6.07) is 0.